The summed E-state index contributed by atoms with van der Waals surface area (Å²) in [5, 5.41) is 10.5. The van der Waals surface area contributed by atoms with E-state index in [1.807, 2.05) is 37.3 Å². The van der Waals surface area contributed by atoms with Gasteiger partial charge < -0.3 is 14.3 Å². The molecule has 0 amide bonds. The molecular weight excluding hydrogens is 444 g/mol. The molecule has 2 aromatic rings. The molecule has 0 aliphatic heterocycles. The molecule has 1 aromatic heterocycles. The molecule has 35 heavy (non-hydrogen) atoms. The summed E-state index contributed by atoms with van der Waals surface area (Å²) in [5.41, 5.74) is 1.20. The van der Waals surface area contributed by atoms with Crippen LogP contribution in [0.25, 0.3) is 6.08 Å². The quantitative estimate of drug-likeness (QED) is 0.168. The van der Waals surface area contributed by atoms with Gasteiger partial charge in [-0.3, -0.25) is 9.59 Å². The Morgan fingerprint density at radius 2 is 1.77 bits per heavy atom. The summed E-state index contributed by atoms with van der Waals surface area (Å²) < 4.78 is 9.96. The third-order valence-electron chi connectivity index (χ3n) is 5.84. The highest BCUT2D eigenvalue weighted by Crippen LogP contribution is 2.26. The van der Waals surface area contributed by atoms with Gasteiger partial charge in [-0.25, -0.2) is 4.79 Å². The van der Waals surface area contributed by atoms with Crippen LogP contribution in [0.1, 0.15) is 86.5 Å². The largest absolute Gasteiger partial charge is 0.507 e. The summed E-state index contributed by atoms with van der Waals surface area (Å²) in [6.45, 7) is 7.87. The molecule has 0 bridgehead atoms. The highest BCUT2D eigenvalue weighted by molar-refractivity contribution is 6.12. The lowest BCUT2D eigenvalue weighted by atomic mass is 9.98. The van der Waals surface area contributed by atoms with Crippen molar-refractivity contribution >= 4 is 17.8 Å². The van der Waals surface area contributed by atoms with Crippen LogP contribution in [-0.4, -0.2) is 24.0 Å². The molecule has 1 heterocycles. The Bertz CT molecular complexity index is 1120. The molecule has 0 fully saturated rings. The average Bonchev–Trinajstić information content (AvgIpc) is 2.82. The summed E-state index contributed by atoms with van der Waals surface area (Å²) in [4.78, 5) is 36.6. The van der Waals surface area contributed by atoms with Crippen molar-refractivity contribution in [1.29, 1.82) is 0 Å². The van der Waals surface area contributed by atoms with Crippen LogP contribution < -0.4 is 5.63 Å². The van der Waals surface area contributed by atoms with Crippen molar-refractivity contribution in [2.75, 3.05) is 7.11 Å². The van der Waals surface area contributed by atoms with E-state index in [0.29, 0.717) is 30.1 Å². The van der Waals surface area contributed by atoms with E-state index in [1.54, 1.807) is 19.1 Å². The molecule has 0 radical (unpaired) electrons. The number of hydrogen-bond donors (Lipinski definition) is 1. The Kier molecular flexibility index (Phi) is 10.7. The zero-order valence-corrected chi connectivity index (χ0v) is 21.3. The van der Waals surface area contributed by atoms with Crippen molar-refractivity contribution in [1.82, 2.24) is 0 Å². The van der Waals surface area contributed by atoms with Crippen LogP contribution in [0.4, 0.5) is 0 Å². The summed E-state index contributed by atoms with van der Waals surface area (Å²) in [5.74, 6) is -0.474. The van der Waals surface area contributed by atoms with Crippen LogP contribution in [0.3, 0.4) is 0 Å². The number of rotatable bonds is 12. The number of benzene rings is 1. The number of carbonyl (C=O) groups is 2. The van der Waals surface area contributed by atoms with Crippen LogP contribution in [0.5, 0.6) is 5.75 Å². The fraction of sp³-hybridized carbons (Fsp3) is 0.414. The van der Waals surface area contributed by atoms with E-state index in [2.05, 4.69) is 18.6 Å². The maximum atomic E-state index is 12.9. The van der Waals surface area contributed by atoms with Crippen LogP contribution >= 0.6 is 0 Å². The molecule has 6 nitrogen and oxygen atoms in total. The lowest BCUT2D eigenvalue weighted by Crippen LogP contribution is -2.16. The Labute approximate surface area is 207 Å². The van der Waals surface area contributed by atoms with E-state index in [0.717, 1.165) is 18.4 Å². The van der Waals surface area contributed by atoms with E-state index < -0.39 is 11.4 Å². The predicted octanol–water partition coefficient (Wildman–Crippen LogP) is 6.22. The van der Waals surface area contributed by atoms with Crippen LogP contribution in [-0.2, 0) is 16.0 Å². The van der Waals surface area contributed by atoms with Gasteiger partial charge in [0.2, 0.25) is 0 Å². The van der Waals surface area contributed by atoms with E-state index in [9.17, 15) is 19.5 Å². The van der Waals surface area contributed by atoms with Gasteiger partial charge in [0.15, 0.2) is 5.78 Å². The van der Waals surface area contributed by atoms with Gasteiger partial charge in [-0.1, -0.05) is 57.2 Å². The highest BCUT2D eigenvalue weighted by Gasteiger charge is 2.22. The van der Waals surface area contributed by atoms with Gasteiger partial charge in [0.1, 0.15) is 17.1 Å². The number of hydrogen-bond acceptors (Lipinski definition) is 6. The van der Waals surface area contributed by atoms with Gasteiger partial charge in [-0.2, -0.15) is 0 Å². The minimum atomic E-state index is -0.852. The second-order valence-electron chi connectivity index (χ2n) is 9.26. The first-order chi connectivity index (χ1) is 16.6. The van der Waals surface area contributed by atoms with E-state index in [1.165, 1.54) is 18.7 Å². The first-order valence-electron chi connectivity index (χ1n) is 12.0. The Hall–Kier alpha value is -3.41. The molecule has 1 N–H and O–H groups in total. The number of methoxy groups -OCH3 is 1. The zero-order valence-electron chi connectivity index (χ0n) is 21.3. The topological polar surface area (TPSA) is 93.8 Å². The number of ketones is 1. The minimum absolute atomic E-state index is 0.161. The molecule has 1 atom stereocenters. The molecule has 1 aromatic carbocycles. The summed E-state index contributed by atoms with van der Waals surface area (Å²) in [6.07, 6.45) is 8.89. The molecule has 6 heteroatoms. The van der Waals surface area contributed by atoms with Crippen molar-refractivity contribution in [2.45, 2.75) is 65.7 Å². The summed E-state index contributed by atoms with van der Waals surface area (Å²) >= 11 is 0. The second-order valence-corrected chi connectivity index (χ2v) is 9.26. The Morgan fingerprint density at radius 3 is 2.37 bits per heavy atom. The number of allylic oxidation sites excluding steroid dienone is 2. The van der Waals surface area contributed by atoms with Crippen LogP contribution in [0, 0.1) is 5.92 Å². The fourth-order valence-electron chi connectivity index (χ4n) is 3.57. The number of aryl methyl sites for hydroxylation is 1. The van der Waals surface area contributed by atoms with Gasteiger partial charge in [0, 0.05) is 12.0 Å². The maximum absolute atomic E-state index is 12.9. The second kappa shape index (κ2) is 13.5. The van der Waals surface area contributed by atoms with Gasteiger partial charge in [0.05, 0.1) is 13.5 Å². The van der Waals surface area contributed by atoms with Crippen molar-refractivity contribution in [3.05, 3.63) is 80.9 Å². The molecule has 2 rings (SSSR count). The maximum Gasteiger partial charge on any atom is 0.351 e. The molecule has 1 unspecified atom stereocenters. The standard InChI is InChI=1S/C29H36O6/c1-19(2)11-12-22-13-15-23(16-14-22)17-21(4)28(32)27-24(30)18-25(35-29(27)33)20(3)9-7-6-8-10-26(31)34-5/h6,8,13-20,30H,7,9-12H2,1-5H3. The van der Waals surface area contributed by atoms with E-state index >= 15 is 0 Å². The smallest absolute Gasteiger partial charge is 0.351 e. The van der Waals surface area contributed by atoms with Crippen molar-refractivity contribution < 1.29 is 23.8 Å². The van der Waals surface area contributed by atoms with Crippen molar-refractivity contribution in [3.8, 4) is 5.75 Å². The molecule has 188 valence electrons. The van der Waals surface area contributed by atoms with Crippen molar-refractivity contribution in [2.24, 2.45) is 5.92 Å². The highest BCUT2D eigenvalue weighted by atomic mass is 16.5. The molecule has 0 saturated heterocycles. The SMILES string of the molecule is COC(=O)CC=CCCC(C)c1cc(O)c(C(=O)C(C)=Cc2ccc(CCC(C)C)cc2)c(=O)o1. The number of esters is 1. The summed E-state index contributed by atoms with van der Waals surface area (Å²) in [6, 6.07) is 9.31. The predicted molar refractivity (Wildman–Crippen MR) is 138 cm³/mol. The van der Waals surface area contributed by atoms with Crippen molar-refractivity contribution in [3.63, 3.8) is 0 Å². The van der Waals surface area contributed by atoms with E-state index in [-0.39, 0.29) is 29.6 Å². The molecule has 0 aliphatic rings. The molecule has 0 saturated carbocycles. The monoisotopic (exact) mass is 480 g/mol. The summed E-state index contributed by atoms with van der Waals surface area (Å²) in [7, 11) is 1.34. The van der Waals surface area contributed by atoms with Gasteiger partial charge in [-0.15, -0.1) is 0 Å². The average molecular weight is 481 g/mol. The Morgan fingerprint density at radius 1 is 1.09 bits per heavy atom. The van der Waals surface area contributed by atoms with E-state index in [4.69, 9.17) is 4.42 Å². The molecule has 0 aliphatic carbocycles. The first kappa shape index (κ1) is 27.8. The first-order valence-corrected chi connectivity index (χ1v) is 12.0. The lowest BCUT2D eigenvalue weighted by Gasteiger charge is -2.11. The lowest BCUT2D eigenvalue weighted by molar-refractivity contribution is -0.139. The van der Waals surface area contributed by atoms with Crippen LogP contribution in [0.15, 0.2) is 57.3 Å². The van der Waals surface area contributed by atoms with Crippen LogP contribution in [0.2, 0.25) is 0 Å². The van der Waals surface area contributed by atoms with Gasteiger partial charge in [-0.05, 0) is 61.3 Å². The number of carbonyl (C=O) groups excluding carboxylic acids is 2. The minimum Gasteiger partial charge on any atom is -0.507 e. The molecular formula is C29H36O6. The normalized spacial score (nSPS) is 12.8. The zero-order chi connectivity index (χ0) is 26.0. The molecule has 0 spiro atoms. The number of ether oxygens (including phenoxy) is 1. The Balaban J connectivity index is 2.08. The number of aromatic hydroxyl groups is 1. The van der Waals surface area contributed by atoms with Gasteiger partial charge in [0.25, 0.3) is 0 Å². The number of Topliss-reactive ketones (excluding diaryl/α,β-unsaturated/α-hetero) is 1. The third-order valence-corrected chi connectivity index (χ3v) is 5.84. The van der Waals surface area contributed by atoms with Gasteiger partial charge >= 0.3 is 11.6 Å². The fourth-order valence-corrected chi connectivity index (χ4v) is 3.57. The third kappa shape index (κ3) is 8.71.